The van der Waals surface area contributed by atoms with Crippen LogP contribution in [0.3, 0.4) is 0 Å². The molecule has 0 unspecified atom stereocenters. The molecule has 0 spiro atoms. The van der Waals surface area contributed by atoms with Crippen molar-refractivity contribution < 1.29 is 9.13 Å². The second-order valence-corrected chi connectivity index (χ2v) is 4.57. The molecule has 2 rings (SSSR count). The van der Waals surface area contributed by atoms with E-state index in [2.05, 4.69) is 5.32 Å². The first kappa shape index (κ1) is 14.2. The third kappa shape index (κ3) is 3.40. The van der Waals surface area contributed by atoms with Crippen LogP contribution in [0, 0.1) is 17.1 Å². The average molecular weight is 291 g/mol. The van der Waals surface area contributed by atoms with Gasteiger partial charge in [0.15, 0.2) is 0 Å². The van der Waals surface area contributed by atoms with Gasteiger partial charge in [-0.1, -0.05) is 11.6 Å². The first-order chi connectivity index (χ1) is 9.62. The monoisotopic (exact) mass is 290 g/mol. The van der Waals surface area contributed by atoms with E-state index in [1.807, 2.05) is 12.1 Å². The molecule has 0 atom stereocenters. The van der Waals surface area contributed by atoms with Gasteiger partial charge in [-0.2, -0.15) is 5.26 Å². The van der Waals surface area contributed by atoms with Crippen molar-refractivity contribution in [2.75, 3.05) is 12.4 Å². The van der Waals surface area contributed by atoms with Crippen molar-refractivity contribution in [1.29, 1.82) is 5.26 Å². The van der Waals surface area contributed by atoms with E-state index in [1.54, 1.807) is 25.3 Å². The second-order valence-electron chi connectivity index (χ2n) is 4.16. The summed E-state index contributed by atoms with van der Waals surface area (Å²) in [5.74, 6) is 0.170. The van der Waals surface area contributed by atoms with Gasteiger partial charge in [0, 0.05) is 12.2 Å². The van der Waals surface area contributed by atoms with Crippen LogP contribution in [0.25, 0.3) is 0 Å². The van der Waals surface area contributed by atoms with Gasteiger partial charge < -0.3 is 10.1 Å². The maximum absolute atomic E-state index is 13.3. The number of hydrogen-bond acceptors (Lipinski definition) is 3. The van der Waals surface area contributed by atoms with Crippen molar-refractivity contribution in [1.82, 2.24) is 0 Å². The standard InChI is InChI=1S/C15H12ClFN2O/c1-20-15-3-2-13(7-14(15)16)19-9-11-4-10(8-18)5-12(17)6-11/h2-7,19H,9H2,1H3. The molecule has 0 bridgehead atoms. The number of nitrogens with zero attached hydrogens (tertiary/aromatic N) is 1. The minimum atomic E-state index is -0.423. The number of halogens is 2. The summed E-state index contributed by atoms with van der Waals surface area (Å²) in [7, 11) is 1.55. The van der Waals surface area contributed by atoms with Gasteiger partial charge in [0.25, 0.3) is 0 Å². The van der Waals surface area contributed by atoms with Crippen LogP contribution in [0.5, 0.6) is 5.75 Å². The molecular weight excluding hydrogens is 279 g/mol. The molecule has 0 fully saturated rings. The number of rotatable bonds is 4. The third-order valence-electron chi connectivity index (χ3n) is 2.74. The van der Waals surface area contributed by atoms with Gasteiger partial charge in [-0.25, -0.2) is 4.39 Å². The van der Waals surface area contributed by atoms with Gasteiger partial charge in [-0.3, -0.25) is 0 Å². The molecule has 0 amide bonds. The Morgan fingerprint density at radius 3 is 2.75 bits per heavy atom. The summed E-state index contributed by atoms with van der Waals surface area (Å²) in [5, 5.41) is 12.4. The smallest absolute Gasteiger partial charge is 0.137 e. The first-order valence-electron chi connectivity index (χ1n) is 5.89. The van der Waals surface area contributed by atoms with Crippen molar-refractivity contribution in [3.05, 3.63) is 58.4 Å². The SMILES string of the molecule is COc1ccc(NCc2cc(F)cc(C#N)c2)cc1Cl. The Balaban J connectivity index is 2.11. The van der Waals surface area contributed by atoms with Crippen molar-refractivity contribution >= 4 is 17.3 Å². The fourth-order valence-corrected chi connectivity index (χ4v) is 2.06. The van der Waals surface area contributed by atoms with E-state index in [1.165, 1.54) is 12.1 Å². The molecule has 3 nitrogen and oxygen atoms in total. The van der Waals surface area contributed by atoms with Gasteiger partial charge in [-0.15, -0.1) is 0 Å². The van der Waals surface area contributed by atoms with Crippen LogP contribution >= 0.6 is 11.6 Å². The van der Waals surface area contributed by atoms with Gasteiger partial charge in [0.1, 0.15) is 11.6 Å². The third-order valence-corrected chi connectivity index (χ3v) is 3.03. The van der Waals surface area contributed by atoms with E-state index in [4.69, 9.17) is 21.6 Å². The molecule has 0 heterocycles. The molecule has 102 valence electrons. The summed E-state index contributed by atoms with van der Waals surface area (Å²) in [4.78, 5) is 0. The molecule has 0 aliphatic rings. The van der Waals surface area contributed by atoms with Crippen molar-refractivity contribution in [3.63, 3.8) is 0 Å². The number of ether oxygens (including phenoxy) is 1. The molecule has 2 aromatic carbocycles. The summed E-state index contributed by atoms with van der Waals surface area (Å²) in [6, 6.07) is 11.4. The quantitative estimate of drug-likeness (QED) is 0.926. The van der Waals surface area contributed by atoms with Crippen LogP contribution in [-0.2, 0) is 6.54 Å². The van der Waals surface area contributed by atoms with Crippen LogP contribution in [0.2, 0.25) is 5.02 Å². The predicted molar refractivity (Wildman–Crippen MR) is 76.4 cm³/mol. The van der Waals surface area contributed by atoms with E-state index in [9.17, 15) is 4.39 Å². The summed E-state index contributed by atoms with van der Waals surface area (Å²) in [6.07, 6.45) is 0. The highest BCUT2D eigenvalue weighted by molar-refractivity contribution is 6.32. The fraction of sp³-hybridized carbons (Fsp3) is 0.133. The van der Waals surface area contributed by atoms with Gasteiger partial charge in [0.05, 0.1) is 23.8 Å². The predicted octanol–water partition coefficient (Wildman–Crippen LogP) is 3.97. The number of nitrogens with one attached hydrogen (secondary N) is 1. The summed E-state index contributed by atoms with van der Waals surface area (Å²) in [5.41, 5.74) is 1.78. The van der Waals surface area contributed by atoms with E-state index in [0.717, 1.165) is 5.69 Å². The molecule has 20 heavy (non-hydrogen) atoms. The Hall–Kier alpha value is -2.25. The highest BCUT2D eigenvalue weighted by Crippen LogP contribution is 2.27. The van der Waals surface area contributed by atoms with Crippen LogP contribution in [0.4, 0.5) is 10.1 Å². The highest BCUT2D eigenvalue weighted by atomic mass is 35.5. The first-order valence-corrected chi connectivity index (χ1v) is 6.27. The van der Waals surface area contributed by atoms with E-state index >= 15 is 0 Å². The van der Waals surface area contributed by atoms with Crippen molar-refractivity contribution in [3.8, 4) is 11.8 Å². The molecule has 0 aliphatic carbocycles. The number of hydrogen-bond donors (Lipinski definition) is 1. The maximum atomic E-state index is 13.3. The zero-order chi connectivity index (χ0) is 14.5. The molecular formula is C15H12ClFN2O. The number of methoxy groups -OCH3 is 1. The Kier molecular flexibility index (Phi) is 4.44. The lowest BCUT2D eigenvalue weighted by Crippen LogP contribution is -2.00. The average Bonchev–Trinajstić information content (AvgIpc) is 2.44. The van der Waals surface area contributed by atoms with Crippen molar-refractivity contribution in [2.24, 2.45) is 0 Å². The molecule has 0 saturated heterocycles. The van der Waals surface area contributed by atoms with Gasteiger partial charge in [0.2, 0.25) is 0 Å². The molecule has 0 aliphatic heterocycles. The maximum Gasteiger partial charge on any atom is 0.137 e. The van der Waals surface area contributed by atoms with Crippen LogP contribution in [0.15, 0.2) is 36.4 Å². The molecule has 0 saturated carbocycles. The van der Waals surface area contributed by atoms with Crippen LogP contribution in [-0.4, -0.2) is 7.11 Å². The molecule has 0 aromatic heterocycles. The summed E-state index contributed by atoms with van der Waals surface area (Å²) >= 11 is 6.02. The molecule has 0 radical (unpaired) electrons. The van der Waals surface area contributed by atoms with Crippen LogP contribution < -0.4 is 10.1 Å². The lowest BCUT2D eigenvalue weighted by molar-refractivity contribution is 0.415. The number of benzene rings is 2. The lowest BCUT2D eigenvalue weighted by atomic mass is 10.1. The zero-order valence-electron chi connectivity index (χ0n) is 10.8. The number of anilines is 1. The van der Waals surface area contributed by atoms with Gasteiger partial charge in [-0.05, 0) is 42.0 Å². The van der Waals surface area contributed by atoms with E-state index in [0.29, 0.717) is 28.4 Å². The van der Waals surface area contributed by atoms with E-state index < -0.39 is 5.82 Å². The number of nitriles is 1. The minimum absolute atomic E-state index is 0.301. The lowest BCUT2D eigenvalue weighted by Gasteiger charge is -2.09. The molecule has 2 aromatic rings. The Morgan fingerprint density at radius 1 is 1.30 bits per heavy atom. The largest absolute Gasteiger partial charge is 0.495 e. The zero-order valence-corrected chi connectivity index (χ0v) is 11.5. The highest BCUT2D eigenvalue weighted by Gasteiger charge is 2.03. The Labute approximate surface area is 121 Å². The summed E-state index contributed by atoms with van der Waals surface area (Å²) in [6.45, 7) is 0.398. The van der Waals surface area contributed by atoms with Gasteiger partial charge >= 0.3 is 0 Å². The summed E-state index contributed by atoms with van der Waals surface area (Å²) < 4.78 is 18.4. The normalized spacial score (nSPS) is 9.90. The minimum Gasteiger partial charge on any atom is -0.495 e. The topological polar surface area (TPSA) is 45.0 Å². The molecule has 1 N–H and O–H groups in total. The van der Waals surface area contributed by atoms with E-state index in [-0.39, 0.29) is 0 Å². The second kappa shape index (κ2) is 6.27. The van der Waals surface area contributed by atoms with Crippen molar-refractivity contribution in [2.45, 2.75) is 6.54 Å². The van der Waals surface area contributed by atoms with Crippen LogP contribution in [0.1, 0.15) is 11.1 Å². The Bertz CT molecular complexity index is 667. The molecule has 5 heteroatoms. The fourth-order valence-electron chi connectivity index (χ4n) is 1.80. The Morgan fingerprint density at radius 2 is 2.10 bits per heavy atom.